The number of benzene rings is 2. The summed E-state index contributed by atoms with van der Waals surface area (Å²) < 4.78 is 28.0. The van der Waals surface area contributed by atoms with Crippen LogP contribution in [-0.2, 0) is 29.0 Å². The fourth-order valence-electron chi connectivity index (χ4n) is 4.06. The number of carbonyl (C=O) groups excluding carboxylic acids is 1. The van der Waals surface area contributed by atoms with Crippen molar-refractivity contribution >= 4 is 22.9 Å². The number of anilines is 1. The van der Waals surface area contributed by atoms with Crippen LogP contribution < -0.4 is 4.90 Å². The van der Waals surface area contributed by atoms with Crippen LogP contribution in [0.5, 0.6) is 0 Å². The molecule has 0 aromatic heterocycles. The third kappa shape index (κ3) is 7.35. The van der Waals surface area contributed by atoms with E-state index in [1.165, 1.54) is 17.1 Å². The Balaban J connectivity index is 1.61. The summed E-state index contributed by atoms with van der Waals surface area (Å²) in [5.41, 5.74) is 3.61. The van der Waals surface area contributed by atoms with E-state index < -0.39 is 17.2 Å². The Labute approximate surface area is 198 Å². The minimum Gasteiger partial charge on any atom is -0.465 e. The van der Waals surface area contributed by atoms with Crippen molar-refractivity contribution in [2.45, 2.75) is 19.4 Å². The molecule has 0 amide bonds. The number of para-hydroxylation sites is 1. The lowest BCUT2D eigenvalue weighted by molar-refractivity contribution is 0.0600. The molecule has 1 unspecified atom stereocenters. The minimum absolute atomic E-state index is 0.223. The highest BCUT2D eigenvalue weighted by Gasteiger charge is 2.20. The maximum absolute atomic E-state index is 12.0. The van der Waals surface area contributed by atoms with E-state index in [0.29, 0.717) is 25.1 Å². The van der Waals surface area contributed by atoms with Gasteiger partial charge in [-0.25, -0.2) is 9.00 Å². The van der Waals surface area contributed by atoms with Crippen LogP contribution in [0.2, 0.25) is 0 Å². The van der Waals surface area contributed by atoms with Gasteiger partial charge in [-0.15, -0.1) is 0 Å². The molecule has 0 radical (unpaired) electrons. The first-order valence-electron chi connectivity index (χ1n) is 11.2. The van der Waals surface area contributed by atoms with Gasteiger partial charge in [0.25, 0.3) is 0 Å². The van der Waals surface area contributed by atoms with E-state index in [2.05, 4.69) is 21.9 Å². The van der Waals surface area contributed by atoms with Crippen LogP contribution in [0.15, 0.2) is 48.5 Å². The molecule has 9 heteroatoms. The average Bonchev–Trinajstić information content (AvgIpc) is 2.85. The molecule has 180 valence electrons. The lowest BCUT2D eigenvalue weighted by atomic mass is 10.1. The van der Waals surface area contributed by atoms with E-state index in [1.54, 1.807) is 24.3 Å². The second-order valence-electron chi connectivity index (χ2n) is 8.07. The number of hydrogen-bond acceptors (Lipinski definition) is 6. The summed E-state index contributed by atoms with van der Waals surface area (Å²) in [5.74, 6) is -0.407. The number of carbonyl (C=O) groups is 1. The number of aliphatic hydroxyl groups excluding tert-OH is 1. The molecule has 1 atom stereocenters. The van der Waals surface area contributed by atoms with E-state index in [0.717, 1.165) is 50.3 Å². The maximum Gasteiger partial charge on any atom is 0.337 e. The van der Waals surface area contributed by atoms with Crippen molar-refractivity contribution in [1.29, 1.82) is 0 Å². The van der Waals surface area contributed by atoms with Crippen molar-refractivity contribution in [2.24, 2.45) is 0 Å². The molecule has 0 bridgehead atoms. The number of hydrogen-bond donors (Lipinski definition) is 2. The summed E-state index contributed by atoms with van der Waals surface area (Å²) in [6.07, 6.45) is 1.45. The third-order valence-corrected chi connectivity index (χ3v) is 6.68. The van der Waals surface area contributed by atoms with E-state index >= 15 is 0 Å². The van der Waals surface area contributed by atoms with Crippen molar-refractivity contribution < 1.29 is 23.4 Å². The van der Waals surface area contributed by atoms with Gasteiger partial charge in [-0.05, 0) is 42.2 Å². The molecule has 3 rings (SSSR count). The Hall–Kier alpha value is -2.30. The van der Waals surface area contributed by atoms with Crippen molar-refractivity contribution in [3.05, 3.63) is 65.2 Å². The molecular formula is C24H33N3O5S. The van der Waals surface area contributed by atoms with Crippen LogP contribution in [0.4, 0.5) is 5.69 Å². The smallest absolute Gasteiger partial charge is 0.337 e. The average molecular weight is 476 g/mol. The summed E-state index contributed by atoms with van der Waals surface area (Å²) in [4.78, 5) is 16.3. The van der Waals surface area contributed by atoms with Crippen LogP contribution in [-0.4, -0.2) is 82.0 Å². The van der Waals surface area contributed by atoms with Crippen LogP contribution in [0, 0.1) is 0 Å². The second-order valence-corrected chi connectivity index (χ2v) is 9.05. The van der Waals surface area contributed by atoms with Crippen LogP contribution in [0.25, 0.3) is 0 Å². The summed E-state index contributed by atoms with van der Waals surface area (Å²) in [5, 5.41) is 9.04. The lowest BCUT2D eigenvalue weighted by Crippen LogP contribution is -2.47. The number of nitrogens with zero attached hydrogens (tertiary/aromatic N) is 3. The first kappa shape index (κ1) is 25.3. The van der Waals surface area contributed by atoms with Crippen molar-refractivity contribution in [2.75, 3.05) is 57.9 Å². The molecule has 0 spiro atoms. The van der Waals surface area contributed by atoms with Gasteiger partial charge >= 0.3 is 5.97 Å². The summed E-state index contributed by atoms with van der Waals surface area (Å²) in [7, 11) is 1.34. The van der Waals surface area contributed by atoms with Gasteiger partial charge in [0, 0.05) is 58.1 Å². The molecule has 1 saturated heterocycles. The molecule has 0 aliphatic carbocycles. The summed E-state index contributed by atoms with van der Waals surface area (Å²) in [6, 6.07) is 15.1. The fraction of sp³-hybridized carbons (Fsp3) is 0.458. The minimum atomic E-state index is -2.11. The first-order chi connectivity index (χ1) is 16.0. The lowest BCUT2D eigenvalue weighted by Gasteiger charge is -2.37. The van der Waals surface area contributed by atoms with Gasteiger partial charge in [-0.3, -0.25) is 9.45 Å². The molecule has 33 heavy (non-hydrogen) atoms. The number of ether oxygens (including phenoxy) is 1. The predicted molar refractivity (Wildman–Crippen MR) is 129 cm³/mol. The van der Waals surface area contributed by atoms with Gasteiger partial charge in [0.2, 0.25) is 11.3 Å². The molecule has 1 heterocycles. The van der Waals surface area contributed by atoms with E-state index in [9.17, 15) is 13.6 Å². The molecule has 1 aliphatic heterocycles. The van der Waals surface area contributed by atoms with Crippen molar-refractivity contribution in [3.63, 3.8) is 0 Å². The number of aliphatic hydroxyl groups is 1. The standard InChI is InChI=1S/C24H33N3O5S/c1-32-24(29)22-9-7-20(8-10-22)19-27(33(30)31)13-11-21-5-2-3-6-23(21)26-16-14-25(15-17-26)12-4-18-28/h2-3,5-10,28H,4,11-19H2,1H3,(H,30,31). The summed E-state index contributed by atoms with van der Waals surface area (Å²) in [6.45, 7) is 5.64. The Morgan fingerprint density at radius 3 is 2.42 bits per heavy atom. The zero-order chi connectivity index (χ0) is 23.6. The molecule has 2 N–H and O–H groups in total. The zero-order valence-corrected chi connectivity index (χ0v) is 19.9. The second kappa shape index (κ2) is 12.8. The van der Waals surface area contributed by atoms with Crippen molar-refractivity contribution in [3.8, 4) is 0 Å². The van der Waals surface area contributed by atoms with Crippen LogP contribution >= 0.6 is 0 Å². The third-order valence-electron chi connectivity index (χ3n) is 5.92. The highest BCUT2D eigenvalue weighted by Crippen LogP contribution is 2.23. The highest BCUT2D eigenvalue weighted by molar-refractivity contribution is 7.76. The van der Waals surface area contributed by atoms with Gasteiger partial charge in [0.15, 0.2) is 0 Å². The number of esters is 1. The molecule has 2 aromatic rings. The van der Waals surface area contributed by atoms with Gasteiger partial charge in [-0.2, -0.15) is 4.31 Å². The molecule has 8 nitrogen and oxygen atoms in total. The van der Waals surface area contributed by atoms with Gasteiger partial charge in [-0.1, -0.05) is 30.3 Å². The fourth-order valence-corrected chi connectivity index (χ4v) is 4.57. The van der Waals surface area contributed by atoms with E-state index in [1.807, 2.05) is 12.1 Å². The Morgan fingerprint density at radius 1 is 1.09 bits per heavy atom. The SMILES string of the molecule is COC(=O)c1ccc(CN(CCc2ccccc2N2CCN(CCCO)CC2)S(=O)O)cc1. The topological polar surface area (TPSA) is 93.5 Å². The predicted octanol–water partition coefficient (Wildman–Crippen LogP) is 2.16. The van der Waals surface area contributed by atoms with Gasteiger partial charge in [0.1, 0.15) is 0 Å². The Morgan fingerprint density at radius 2 is 1.79 bits per heavy atom. The van der Waals surface area contributed by atoms with E-state index in [4.69, 9.17) is 9.84 Å². The molecule has 1 aliphatic rings. The molecular weight excluding hydrogens is 442 g/mol. The van der Waals surface area contributed by atoms with Crippen LogP contribution in [0.1, 0.15) is 27.9 Å². The van der Waals surface area contributed by atoms with Crippen LogP contribution in [0.3, 0.4) is 0 Å². The maximum atomic E-state index is 12.0. The largest absolute Gasteiger partial charge is 0.465 e. The zero-order valence-electron chi connectivity index (χ0n) is 19.1. The highest BCUT2D eigenvalue weighted by atomic mass is 32.2. The van der Waals surface area contributed by atoms with Gasteiger partial charge < -0.3 is 14.7 Å². The molecule has 0 saturated carbocycles. The Kier molecular flexibility index (Phi) is 9.83. The first-order valence-corrected chi connectivity index (χ1v) is 12.3. The van der Waals surface area contributed by atoms with Gasteiger partial charge in [0.05, 0.1) is 12.7 Å². The Bertz CT molecular complexity index is 917. The normalized spacial score (nSPS) is 15.6. The quantitative estimate of drug-likeness (QED) is 0.380. The number of piperazine rings is 1. The monoisotopic (exact) mass is 475 g/mol. The molecule has 1 fully saturated rings. The number of rotatable bonds is 11. The number of methoxy groups -OCH3 is 1. The molecule has 2 aromatic carbocycles. The van der Waals surface area contributed by atoms with E-state index in [-0.39, 0.29) is 6.61 Å². The van der Waals surface area contributed by atoms with Crippen molar-refractivity contribution in [1.82, 2.24) is 9.21 Å². The summed E-state index contributed by atoms with van der Waals surface area (Å²) >= 11 is -2.11.